The Morgan fingerprint density at radius 3 is 2.70 bits per heavy atom. The van der Waals surface area contributed by atoms with E-state index in [9.17, 15) is 9.59 Å². The number of nitrogens with one attached hydrogen (secondary N) is 2. The second-order valence-electron chi connectivity index (χ2n) is 7.01. The number of urea groups is 1. The van der Waals surface area contributed by atoms with Crippen molar-refractivity contribution in [1.82, 2.24) is 9.88 Å². The third kappa shape index (κ3) is 4.40. The van der Waals surface area contributed by atoms with E-state index >= 15 is 0 Å². The molecule has 4 aromatic rings. The number of benzene rings is 2. The average Bonchev–Trinajstić information content (AvgIpc) is 3.24. The zero-order valence-electron chi connectivity index (χ0n) is 16.3. The van der Waals surface area contributed by atoms with E-state index < -0.39 is 0 Å². The van der Waals surface area contributed by atoms with Gasteiger partial charge in [0.1, 0.15) is 0 Å². The number of aromatic amines is 1. The topological polar surface area (TPSA) is 65.2 Å². The second-order valence-corrected chi connectivity index (χ2v) is 8.45. The number of aromatic nitrogens is 1. The van der Waals surface area contributed by atoms with E-state index in [1.54, 1.807) is 34.4 Å². The lowest BCUT2D eigenvalue weighted by atomic mass is 10.1. The highest BCUT2D eigenvalue weighted by Gasteiger charge is 2.18. The van der Waals surface area contributed by atoms with E-state index in [-0.39, 0.29) is 18.1 Å². The van der Waals surface area contributed by atoms with Crippen LogP contribution in [0.4, 0.5) is 10.5 Å². The monoisotopic (exact) mass is 437 g/mol. The molecule has 0 aliphatic heterocycles. The van der Waals surface area contributed by atoms with Crippen molar-refractivity contribution in [3.8, 4) is 0 Å². The van der Waals surface area contributed by atoms with Crippen LogP contribution in [0.2, 0.25) is 5.02 Å². The van der Waals surface area contributed by atoms with Crippen LogP contribution in [0.15, 0.2) is 70.8 Å². The number of nitrogens with zero attached hydrogens (tertiary/aromatic N) is 1. The molecular weight excluding hydrogens is 418 g/mol. The molecule has 2 N–H and O–H groups in total. The molecule has 2 aromatic heterocycles. The SMILES string of the molecule is Cc1cccc2cc(CN(Cc3cccs3)C(=O)Nc3ccccc3Cl)c(=O)[nH]c12. The number of H-pyrrole nitrogens is 1. The van der Waals surface area contributed by atoms with E-state index in [4.69, 9.17) is 11.6 Å². The van der Waals surface area contributed by atoms with Crippen molar-refractivity contribution in [2.45, 2.75) is 20.0 Å². The quantitative estimate of drug-likeness (QED) is 0.415. The molecule has 30 heavy (non-hydrogen) atoms. The molecular formula is C23H20ClN3O2S. The van der Waals surface area contributed by atoms with Gasteiger partial charge in [-0.25, -0.2) is 4.79 Å². The summed E-state index contributed by atoms with van der Waals surface area (Å²) in [6.45, 7) is 2.52. The van der Waals surface area contributed by atoms with E-state index in [0.717, 1.165) is 21.3 Å². The molecule has 4 rings (SSSR count). The largest absolute Gasteiger partial charge is 0.322 e. The number of halogens is 1. The molecule has 152 valence electrons. The number of amides is 2. The van der Waals surface area contributed by atoms with Gasteiger partial charge >= 0.3 is 6.03 Å². The Hall–Kier alpha value is -3.09. The molecule has 2 heterocycles. The number of aryl methyl sites for hydroxylation is 1. The Morgan fingerprint density at radius 2 is 1.93 bits per heavy atom. The van der Waals surface area contributed by atoms with Crippen molar-refractivity contribution in [3.05, 3.63) is 97.4 Å². The molecule has 0 spiro atoms. The predicted octanol–water partition coefficient (Wildman–Crippen LogP) is 5.79. The third-order valence-corrected chi connectivity index (χ3v) is 6.05. The van der Waals surface area contributed by atoms with Crippen LogP contribution in [0.3, 0.4) is 0 Å². The average molecular weight is 438 g/mol. The molecule has 2 amide bonds. The number of rotatable bonds is 5. The first-order valence-corrected chi connectivity index (χ1v) is 10.7. The number of anilines is 1. The fourth-order valence-electron chi connectivity index (χ4n) is 3.30. The van der Waals surface area contributed by atoms with Crippen LogP contribution in [0.25, 0.3) is 10.9 Å². The van der Waals surface area contributed by atoms with Gasteiger partial charge in [0.2, 0.25) is 0 Å². The minimum atomic E-state index is -0.319. The molecule has 0 aliphatic rings. The summed E-state index contributed by atoms with van der Waals surface area (Å²) in [6.07, 6.45) is 0. The number of carbonyl (C=O) groups excluding carboxylic acids is 1. The highest BCUT2D eigenvalue weighted by Crippen LogP contribution is 2.22. The van der Waals surface area contributed by atoms with E-state index in [0.29, 0.717) is 22.8 Å². The van der Waals surface area contributed by atoms with Gasteiger partial charge in [0.05, 0.1) is 29.3 Å². The number of pyridine rings is 1. The number of hydrogen-bond acceptors (Lipinski definition) is 3. The fraction of sp³-hybridized carbons (Fsp3) is 0.130. The van der Waals surface area contributed by atoms with Gasteiger partial charge in [-0.3, -0.25) is 4.79 Å². The summed E-state index contributed by atoms with van der Waals surface area (Å²) in [4.78, 5) is 31.4. The number of hydrogen-bond donors (Lipinski definition) is 2. The lowest BCUT2D eigenvalue weighted by Crippen LogP contribution is -2.35. The summed E-state index contributed by atoms with van der Waals surface area (Å²) >= 11 is 7.76. The van der Waals surface area contributed by atoms with Crippen molar-refractivity contribution in [2.75, 3.05) is 5.32 Å². The molecule has 0 atom stereocenters. The summed E-state index contributed by atoms with van der Waals surface area (Å²) in [6, 6.07) is 18.4. The smallest absolute Gasteiger partial charge is 0.321 e. The molecule has 0 saturated carbocycles. The van der Waals surface area contributed by atoms with Crippen LogP contribution in [0.5, 0.6) is 0 Å². The zero-order valence-corrected chi connectivity index (χ0v) is 17.9. The van der Waals surface area contributed by atoms with Gasteiger partial charge in [0.15, 0.2) is 0 Å². The Kier molecular flexibility index (Phi) is 5.88. The standard InChI is InChI=1S/C23H20ClN3O2S/c1-15-6-4-7-16-12-17(22(28)26-21(15)16)13-27(14-18-8-5-11-30-18)23(29)25-20-10-3-2-9-19(20)24/h2-12H,13-14H2,1H3,(H,25,29)(H,26,28). The molecule has 0 saturated heterocycles. The van der Waals surface area contributed by atoms with Gasteiger partial charge in [-0.2, -0.15) is 0 Å². The minimum Gasteiger partial charge on any atom is -0.321 e. The van der Waals surface area contributed by atoms with Crippen LogP contribution in [0.1, 0.15) is 16.0 Å². The first-order valence-electron chi connectivity index (χ1n) is 9.45. The summed E-state index contributed by atoms with van der Waals surface area (Å²) in [5.41, 5.74) is 2.68. The summed E-state index contributed by atoms with van der Waals surface area (Å²) in [7, 11) is 0. The molecule has 0 fully saturated rings. The lowest BCUT2D eigenvalue weighted by Gasteiger charge is -2.23. The first kappa shape index (κ1) is 20.2. The van der Waals surface area contributed by atoms with Gasteiger partial charge in [-0.05, 0) is 47.5 Å². The summed E-state index contributed by atoms with van der Waals surface area (Å²) in [5.74, 6) is 0. The third-order valence-electron chi connectivity index (χ3n) is 4.86. The van der Waals surface area contributed by atoms with E-state index in [1.807, 2.05) is 54.8 Å². The van der Waals surface area contributed by atoms with Crippen LogP contribution in [0, 0.1) is 6.92 Å². The maximum atomic E-state index is 13.1. The highest BCUT2D eigenvalue weighted by atomic mass is 35.5. The van der Waals surface area contributed by atoms with Gasteiger partial charge in [0.25, 0.3) is 5.56 Å². The zero-order chi connectivity index (χ0) is 21.1. The number of thiophene rings is 1. The van der Waals surface area contributed by atoms with Crippen molar-refractivity contribution in [3.63, 3.8) is 0 Å². The normalized spacial score (nSPS) is 10.9. The van der Waals surface area contributed by atoms with Crippen molar-refractivity contribution < 1.29 is 4.79 Å². The molecule has 7 heteroatoms. The van der Waals surface area contributed by atoms with Crippen molar-refractivity contribution in [2.24, 2.45) is 0 Å². The Labute approximate surface area is 182 Å². The molecule has 0 unspecified atom stereocenters. The highest BCUT2D eigenvalue weighted by molar-refractivity contribution is 7.09. The first-order chi connectivity index (χ1) is 14.5. The fourth-order valence-corrected chi connectivity index (χ4v) is 4.20. The van der Waals surface area contributed by atoms with Crippen molar-refractivity contribution in [1.29, 1.82) is 0 Å². The van der Waals surface area contributed by atoms with Crippen LogP contribution in [-0.2, 0) is 13.1 Å². The maximum absolute atomic E-state index is 13.1. The molecule has 0 aliphatic carbocycles. The van der Waals surface area contributed by atoms with Gasteiger partial charge < -0.3 is 15.2 Å². The molecule has 0 bridgehead atoms. The number of fused-ring (bicyclic) bond motifs is 1. The van der Waals surface area contributed by atoms with Crippen LogP contribution >= 0.6 is 22.9 Å². The maximum Gasteiger partial charge on any atom is 0.322 e. The van der Waals surface area contributed by atoms with Gasteiger partial charge in [-0.15, -0.1) is 11.3 Å². The van der Waals surface area contributed by atoms with Crippen LogP contribution in [-0.4, -0.2) is 15.9 Å². The van der Waals surface area contributed by atoms with Crippen LogP contribution < -0.4 is 10.9 Å². The molecule has 5 nitrogen and oxygen atoms in total. The molecule has 2 aromatic carbocycles. The summed E-state index contributed by atoms with van der Waals surface area (Å²) in [5, 5.41) is 6.22. The number of para-hydroxylation sites is 2. The van der Waals surface area contributed by atoms with E-state index in [1.165, 1.54) is 0 Å². The minimum absolute atomic E-state index is 0.174. The van der Waals surface area contributed by atoms with E-state index in [2.05, 4.69) is 10.3 Å². The van der Waals surface area contributed by atoms with Gasteiger partial charge in [-0.1, -0.05) is 48.0 Å². The predicted molar refractivity (Wildman–Crippen MR) is 123 cm³/mol. The Bertz CT molecular complexity index is 1250. The Morgan fingerprint density at radius 1 is 1.10 bits per heavy atom. The second kappa shape index (κ2) is 8.73. The Balaban J connectivity index is 1.65. The number of carbonyl (C=O) groups is 1. The summed E-state index contributed by atoms with van der Waals surface area (Å²) < 4.78 is 0. The molecule has 0 radical (unpaired) electrons. The van der Waals surface area contributed by atoms with Crippen molar-refractivity contribution >= 4 is 45.6 Å². The van der Waals surface area contributed by atoms with Gasteiger partial charge in [0, 0.05) is 10.4 Å². The lowest BCUT2D eigenvalue weighted by molar-refractivity contribution is 0.207.